The van der Waals surface area contributed by atoms with Gasteiger partial charge in [0.05, 0.1) is 6.61 Å². The molecule has 0 unspecified atom stereocenters. The molecule has 0 fully saturated rings. The Kier molecular flexibility index (Phi) is 7.60. The molecule has 2 N–H and O–H groups in total. The number of aryl methyl sites for hydroxylation is 1. The van der Waals surface area contributed by atoms with Gasteiger partial charge in [-0.1, -0.05) is 24.3 Å². The molecule has 1 aromatic carbocycles. The molecular weight excluding hydrogens is 226 g/mol. The van der Waals surface area contributed by atoms with Crippen LogP contribution in [0.3, 0.4) is 0 Å². The van der Waals surface area contributed by atoms with Crippen molar-refractivity contribution in [1.82, 2.24) is 0 Å². The van der Waals surface area contributed by atoms with E-state index in [1.165, 1.54) is 0 Å². The van der Waals surface area contributed by atoms with Crippen LogP contribution in [0.4, 0.5) is 0 Å². The first kappa shape index (κ1) is 14.9. The minimum absolute atomic E-state index is 0. The lowest BCUT2D eigenvalue weighted by molar-refractivity contribution is -0.143. The number of esters is 1. The number of benzene rings is 1. The van der Waals surface area contributed by atoms with Crippen molar-refractivity contribution in [3.05, 3.63) is 35.4 Å². The van der Waals surface area contributed by atoms with Gasteiger partial charge < -0.3 is 10.5 Å². The van der Waals surface area contributed by atoms with E-state index in [9.17, 15) is 4.79 Å². The van der Waals surface area contributed by atoms with Gasteiger partial charge in [-0.3, -0.25) is 4.79 Å². The van der Waals surface area contributed by atoms with Crippen molar-refractivity contribution in [1.29, 1.82) is 0 Å². The summed E-state index contributed by atoms with van der Waals surface area (Å²) < 4.78 is 4.86. The van der Waals surface area contributed by atoms with Gasteiger partial charge in [0.15, 0.2) is 0 Å². The first-order valence-corrected chi connectivity index (χ1v) is 5.19. The summed E-state index contributed by atoms with van der Waals surface area (Å²) in [5.74, 6) is -0.143. The molecule has 4 heteroatoms. The monoisotopic (exact) mass is 243 g/mol. The van der Waals surface area contributed by atoms with Crippen molar-refractivity contribution in [2.24, 2.45) is 5.73 Å². The Balaban J connectivity index is 0.00000225. The van der Waals surface area contributed by atoms with Gasteiger partial charge in [-0.05, 0) is 24.5 Å². The van der Waals surface area contributed by atoms with Gasteiger partial charge in [-0.25, -0.2) is 0 Å². The predicted molar refractivity (Wildman–Crippen MR) is 66.5 cm³/mol. The van der Waals surface area contributed by atoms with Gasteiger partial charge in [-0.15, -0.1) is 12.4 Å². The van der Waals surface area contributed by atoms with Crippen LogP contribution in [0, 0.1) is 0 Å². The summed E-state index contributed by atoms with van der Waals surface area (Å²) in [7, 11) is 0. The molecule has 0 amide bonds. The zero-order chi connectivity index (χ0) is 11.1. The summed E-state index contributed by atoms with van der Waals surface area (Å²) in [5.41, 5.74) is 7.76. The molecule has 3 nitrogen and oxygen atoms in total. The Bertz CT molecular complexity index is 329. The van der Waals surface area contributed by atoms with E-state index >= 15 is 0 Å². The quantitative estimate of drug-likeness (QED) is 0.806. The molecule has 0 radical (unpaired) electrons. The third-order valence-electron chi connectivity index (χ3n) is 2.15. The fraction of sp³-hybridized carbons (Fsp3) is 0.417. The molecule has 0 aliphatic rings. The zero-order valence-corrected chi connectivity index (χ0v) is 10.3. The third kappa shape index (κ3) is 5.14. The maximum atomic E-state index is 11.1. The molecule has 0 saturated carbocycles. The normalized spacial score (nSPS) is 9.38. The van der Waals surface area contributed by atoms with Crippen molar-refractivity contribution in [3.63, 3.8) is 0 Å². The Morgan fingerprint density at radius 3 is 2.69 bits per heavy atom. The first-order chi connectivity index (χ1) is 7.26. The van der Waals surface area contributed by atoms with Crippen LogP contribution in [0.5, 0.6) is 0 Å². The molecule has 0 bridgehead atoms. The minimum Gasteiger partial charge on any atom is -0.466 e. The average molecular weight is 244 g/mol. The Morgan fingerprint density at radius 2 is 2.06 bits per heavy atom. The van der Waals surface area contributed by atoms with E-state index in [0.717, 1.165) is 11.1 Å². The van der Waals surface area contributed by atoms with Crippen LogP contribution < -0.4 is 5.73 Å². The second-order valence-electron chi connectivity index (χ2n) is 3.33. The number of carbonyl (C=O) groups is 1. The number of carbonyl (C=O) groups excluding carboxylic acids is 1. The maximum Gasteiger partial charge on any atom is 0.306 e. The Hall–Kier alpha value is -1.06. The molecule has 1 aromatic rings. The number of nitrogens with two attached hydrogens (primary N) is 1. The van der Waals surface area contributed by atoms with E-state index in [1.807, 2.05) is 31.2 Å². The smallest absolute Gasteiger partial charge is 0.306 e. The lowest BCUT2D eigenvalue weighted by Gasteiger charge is -2.03. The van der Waals surface area contributed by atoms with Crippen molar-refractivity contribution in [2.45, 2.75) is 26.3 Å². The average Bonchev–Trinajstić information content (AvgIpc) is 2.27. The van der Waals surface area contributed by atoms with E-state index in [2.05, 4.69) is 0 Å². The molecule has 16 heavy (non-hydrogen) atoms. The highest BCUT2D eigenvalue weighted by Crippen LogP contribution is 2.07. The van der Waals surface area contributed by atoms with E-state index < -0.39 is 0 Å². The number of hydrogen-bond acceptors (Lipinski definition) is 3. The molecule has 0 atom stereocenters. The van der Waals surface area contributed by atoms with Gasteiger partial charge in [0, 0.05) is 13.0 Å². The van der Waals surface area contributed by atoms with E-state index in [0.29, 0.717) is 26.0 Å². The lowest BCUT2D eigenvalue weighted by Crippen LogP contribution is -2.05. The number of hydrogen-bond donors (Lipinski definition) is 1. The van der Waals surface area contributed by atoms with Crippen LogP contribution in [0.15, 0.2) is 24.3 Å². The highest BCUT2D eigenvalue weighted by Gasteiger charge is 2.02. The summed E-state index contributed by atoms with van der Waals surface area (Å²) in [5, 5.41) is 0. The first-order valence-electron chi connectivity index (χ1n) is 5.19. The predicted octanol–water partition coefficient (Wildman–Crippen LogP) is 2.06. The van der Waals surface area contributed by atoms with Crippen molar-refractivity contribution in [3.8, 4) is 0 Å². The van der Waals surface area contributed by atoms with Crippen LogP contribution in [-0.4, -0.2) is 12.6 Å². The summed E-state index contributed by atoms with van der Waals surface area (Å²) in [6, 6.07) is 7.97. The lowest BCUT2D eigenvalue weighted by atomic mass is 10.1. The Labute approximate surface area is 102 Å². The highest BCUT2D eigenvalue weighted by atomic mass is 35.5. The summed E-state index contributed by atoms with van der Waals surface area (Å²) >= 11 is 0. The van der Waals surface area contributed by atoms with Gasteiger partial charge in [0.25, 0.3) is 0 Å². The van der Waals surface area contributed by atoms with Gasteiger partial charge in [0.1, 0.15) is 0 Å². The van der Waals surface area contributed by atoms with E-state index in [4.69, 9.17) is 10.5 Å². The van der Waals surface area contributed by atoms with Crippen LogP contribution in [-0.2, 0) is 22.5 Å². The molecule has 0 aliphatic carbocycles. The maximum absolute atomic E-state index is 11.1. The zero-order valence-electron chi connectivity index (χ0n) is 9.44. The summed E-state index contributed by atoms with van der Waals surface area (Å²) in [4.78, 5) is 11.1. The van der Waals surface area contributed by atoms with E-state index in [1.54, 1.807) is 0 Å². The van der Waals surface area contributed by atoms with Gasteiger partial charge >= 0.3 is 5.97 Å². The van der Waals surface area contributed by atoms with Gasteiger partial charge in [-0.2, -0.15) is 0 Å². The second-order valence-corrected chi connectivity index (χ2v) is 3.33. The summed E-state index contributed by atoms with van der Waals surface area (Å²) in [6.07, 6.45) is 1.15. The highest BCUT2D eigenvalue weighted by molar-refractivity contribution is 5.85. The van der Waals surface area contributed by atoms with Crippen molar-refractivity contribution in [2.75, 3.05) is 6.61 Å². The van der Waals surface area contributed by atoms with Crippen LogP contribution >= 0.6 is 12.4 Å². The Morgan fingerprint density at radius 1 is 1.38 bits per heavy atom. The summed E-state index contributed by atoms with van der Waals surface area (Å²) in [6.45, 7) is 2.79. The molecule has 0 heterocycles. The van der Waals surface area contributed by atoms with Gasteiger partial charge in [0.2, 0.25) is 0 Å². The largest absolute Gasteiger partial charge is 0.466 e. The molecule has 0 aliphatic heterocycles. The molecule has 0 aromatic heterocycles. The van der Waals surface area contributed by atoms with E-state index in [-0.39, 0.29) is 18.4 Å². The van der Waals surface area contributed by atoms with Crippen LogP contribution in [0.25, 0.3) is 0 Å². The topological polar surface area (TPSA) is 52.3 Å². The minimum atomic E-state index is -0.143. The number of rotatable bonds is 5. The molecule has 1 rings (SSSR count). The fourth-order valence-electron chi connectivity index (χ4n) is 1.39. The number of halogens is 1. The molecule has 90 valence electrons. The fourth-order valence-corrected chi connectivity index (χ4v) is 1.39. The second kappa shape index (κ2) is 8.13. The standard InChI is InChI=1S/C12H17NO2.ClH/c1-2-15-12(14)7-6-10-4-3-5-11(8-10)9-13;/h3-5,8H,2,6-7,9,13H2,1H3;1H. The SMILES string of the molecule is CCOC(=O)CCc1cccc(CN)c1.Cl. The van der Waals surface area contributed by atoms with Crippen LogP contribution in [0.2, 0.25) is 0 Å². The van der Waals surface area contributed by atoms with Crippen molar-refractivity contribution >= 4 is 18.4 Å². The van der Waals surface area contributed by atoms with Crippen LogP contribution in [0.1, 0.15) is 24.5 Å². The number of ether oxygens (including phenoxy) is 1. The molecule has 0 saturated heterocycles. The van der Waals surface area contributed by atoms with Crippen molar-refractivity contribution < 1.29 is 9.53 Å². The third-order valence-corrected chi connectivity index (χ3v) is 2.15. The molecule has 0 spiro atoms. The molecular formula is C12H18ClNO2.